The fraction of sp³-hybridized carbons (Fsp3) is 0.308. The lowest BCUT2D eigenvalue weighted by atomic mass is 10.2. The lowest BCUT2D eigenvalue weighted by Gasteiger charge is -2.19. The minimum atomic E-state index is 0.384. The summed E-state index contributed by atoms with van der Waals surface area (Å²) >= 11 is 0. The van der Waals surface area contributed by atoms with Gasteiger partial charge in [-0.15, -0.1) is 0 Å². The van der Waals surface area contributed by atoms with Gasteiger partial charge in [-0.1, -0.05) is 12.1 Å². The third-order valence-electron chi connectivity index (χ3n) is 2.92. The van der Waals surface area contributed by atoms with Crippen molar-refractivity contribution in [1.29, 1.82) is 0 Å². The fourth-order valence-electron chi connectivity index (χ4n) is 2.04. The van der Waals surface area contributed by atoms with Crippen LogP contribution >= 0.6 is 0 Å². The van der Waals surface area contributed by atoms with Gasteiger partial charge in [-0.05, 0) is 18.6 Å². The molecule has 18 heavy (non-hydrogen) atoms. The molecule has 1 aromatic heterocycles. The quantitative estimate of drug-likeness (QED) is 0.877. The molecule has 1 aromatic carbocycles. The summed E-state index contributed by atoms with van der Waals surface area (Å²) in [6, 6.07) is 8.48. The van der Waals surface area contributed by atoms with E-state index in [4.69, 9.17) is 14.9 Å². The van der Waals surface area contributed by atoms with E-state index in [1.165, 1.54) is 0 Å². The molecule has 2 N–H and O–H groups in total. The standard InChI is InChI=1S/C13H15N3O2/c14-8-10-9-18-13(15-10)16-6-3-7-17-12-5-2-1-4-11(12)16/h1-2,4-5,9H,3,6-8,14H2. The lowest BCUT2D eigenvalue weighted by molar-refractivity contribution is 0.322. The monoisotopic (exact) mass is 245 g/mol. The van der Waals surface area contributed by atoms with E-state index in [2.05, 4.69) is 4.98 Å². The van der Waals surface area contributed by atoms with E-state index >= 15 is 0 Å². The molecule has 0 saturated carbocycles. The molecule has 0 fully saturated rings. The largest absolute Gasteiger partial charge is 0.491 e. The first-order valence-electron chi connectivity index (χ1n) is 6.02. The lowest BCUT2D eigenvalue weighted by Crippen LogP contribution is -2.18. The minimum Gasteiger partial charge on any atom is -0.491 e. The number of hydrogen-bond donors (Lipinski definition) is 1. The Morgan fingerprint density at radius 1 is 1.33 bits per heavy atom. The normalized spacial score (nSPS) is 14.8. The number of nitrogens with zero attached hydrogens (tertiary/aromatic N) is 2. The summed E-state index contributed by atoms with van der Waals surface area (Å²) in [5.41, 5.74) is 7.30. The van der Waals surface area contributed by atoms with Gasteiger partial charge in [0.25, 0.3) is 0 Å². The molecule has 0 bridgehead atoms. The predicted molar refractivity (Wildman–Crippen MR) is 68.0 cm³/mol. The first-order valence-corrected chi connectivity index (χ1v) is 6.02. The first-order chi connectivity index (χ1) is 8.88. The number of ether oxygens (including phenoxy) is 1. The molecule has 2 aromatic rings. The van der Waals surface area contributed by atoms with Crippen LogP contribution in [0.4, 0.5) is 11.7 Å². The van der Waals surface area contributed by atoms with Crippen LogP contribution in [0.5, 0.6) is 5.75 Å². The molecule has 1 aliphatic rings. The average Bonchev–Trinajstić information content (AvgIpc) is 2.78. The fourth-order valence-corrected chi connectivity index (χ4v) is 2.04. The number of para-hydroxylation sites is 2. The molecule has 3 rings (SSSR count). The molecular formula is C13H15N3O2. The Balaban J connectivity index is 2.00. The van der Waals surface area contributed by atoms with Crippen LogP contribution < -0.4 is 15.4 Å². The summed E-state index contributed by atoms with van der Waals surface area (Å²) in [6.45, 7) is 1.91. The van der Waals surface area contributed by atoms with Crippen molar-refractivity contribution in [3.8, 4) is 5.75 Å². The maximum absolute atomic E-state index is 5.70. The highest BCUT2D eigenvalue weighted by Crippen LogP contribution is 2.35. The summed E-state index contributed by atoms with van der Waals surface area (Å²) in [5.74, 6) is 0.863. The van der Waals surface area contributed by atoms with E-state index in [-0.39, 0.29) is 0 Å². The number of oxazole rings is 1. The van der Waals surface area contributed by atoms with Crippen LogP contribution in [-0.4, -0.2) is 18.1 Å². The van der Waals surface area contributed by atoms with Gasteiger partial charge >= 0.3 is 6.01 Å². The second-order valence-electron chi connectivity index (χ2n) is 4.15. The Morgan fingerprint density at radius 2 is 2.22 bits per heavy atom. The number of aromatic nitrogens is 1. The molecule has 94 valence electrons. The third kappa shape index (κ3) is 1.93. The van der Waals surface area contributed by atoms with Crippen molar-refractivity contribution in [3.05, 3.63) is 36.2 Å². The predicted octanol–water partition coefficient (Wildman–Crippen LogP) is 2.05. The van der Waals surface area contributed by atoms with Crippen LogP contribution in [0.15, 0.2) is 34.9 Å². The van der Waals surface area contributed by atoms with E-state index in [0.717, 1.165) is 30.1 Å². The van der Waals surface area contributed by atoms with Crippen molar-refractivity contribution >= 4 is 11.7 Å². The molecule has 0 aliphatic carbocycles. The van der Waals surface area contributed by atoms with Gasteiger partial charge in [0.1, 0.15) is 12.0 Å². The van der Waals surface area contributed by atoms with Gasteiger partial charge in [-0.25, -0.2) is 0 Å². The third-order valence-corrected chi connectivity index (χ3v) is 2.92. The van der Waals surface area contributed by atoms with Gasteiger partial charge in [0.2, 0.25) is 0 Å². The van der Waals surface area contributed by atoms with E-state index in [0.29, 0.717) is 19.2 Å². The van der Waals surface area contributed by atoms with Crippen LogP contribution in [-0.2, 0) is 6.54 Å². The van der Waals surface area contributed by atoms with Crippen molar-refractivity contribution in [2.75, 3.05) is 18.1 Å². The maximum atomic E-state index is 5.70. The maximum Gasteiger partial charge on any atom is 0.302 e. The number of nitrogens with two attached hydrogens (primary N) is 1. The zero-order valence-electron chi connectivity index (χ0n) is 10.0. The Hall–Kier alpha value is -2.01. The Morgan fingerprint density at radius 3 is 3.06 bits per heavy atom. The minimum absolute atomic E-state index is 0.384. The molecule has 5 heteroatoms. The number of benzene rings is 1. The van der Waals surface area contributed by atoms with Crippen molar-refractivity contribution in [1.82, 2.24) is 4.98 Å². The first kappa shape index (κ1) is 11.1. The second-order valence-corrected chi connectivity index (χ2v) is 4.15. The molecule has 2 heterocycles. The van der Waals surface area contributed by atoms with Gasteiger partial charge in [0, 0.05) is 13.1 Å². The molecule has 0 saturated heterocycles. The molecule has 0 spiro atoms. The van der Waals surface area contributed by atoms with Crippen LogP contribution in [0.2, 0.25) is 0 Å². The average molecular weight is 245 g/mol. The summed E-state index contributed by atoms with van der Waals surface area (Å²) in [5, 5.41) is 0. The Kier molecular flexibility index (Phi) is 2.90. The number of fused-ring (bicyclic) bond motifs is 1. The van der Waals surface area contributed by atoms with E-state index < -0.39 is 0 Å². The van der Waals surface area contributed by atoms with Crippen LogP contribution in [0.25, 0.3) is 0 Å². The van der Waals surface area contributed by atoms with Crippen molar-refractivity contribution in [3.63, 3.8) is 0 Å². The van der Waals surface area contributed by atoms with Crippen LogP contribution in [0, 0.1) is 0 Å². The van der Waals surface area contributed by atoms with Gasteiger partial charge in [-0.3, -0.25) is 4.90 Å². The molecular weight excluding hydrogens is 230 g/mol. The summed E-state index contributed by atoms with van der Waals surface area (Å²) in [4.78, 5) is 6.40. The number of rotatable bonds is 2. The molecule has 0 unspecified atom stereocenters. The van der Waals surface area contributed by atoms with E-state index in [1.54, 1.807) is 6.26 Å². The molecule has 0 radical (unpaired) electrons. The van der Waals surface area contributed by atoms with Crippen molar-refractivity contribution in [2.45, 2.75) is 13.0 Å². The summed E-state index contributed by atoms with van der Waals surface area (Å²) in [6.07, 6.45) is 2.53. The summed E-state index contributed by atoms with van der Waals surface area (Å²) in [7, 11) is 0. The SMILES string of the molecule is NCc1coc(N2CCCOc3ccccc32)n1. The zero-order chi connectivity index (χ0) is 12.4. The van der Waals surface area contributed by atoms with E-state index in [9.17, 15) is 0 Å². The molecule has 0 amide bonds. The Bertz CT molecular complexity index is 539. The number of hydrogen-bond acceptors (Lipinski definition) is 5. The number of anilines is 2. The smallest absolute Gasteiger partial charge is 0.302 e. The summed E-state index contributed by atoms with van der Waals surface area (Å²) < 4.78 is 11.2. The highest BCUT2D eigenvalue weighted by molar-refractivity contribution is 5.65. The van der Waals surface area contributed by atoms with Crippen molar-refractivity contribution < 1.29 is 9.15 Å². The topological polar surface area (TPSA) is 64.5 Å². The van der Waals surface area contributed by atoms with Gasteiger partial charge in [0.05, 0.1) is 18.0 Å². The highest BCUT2D eigenvalue weighted by atomic mass is 16.5. The van der Waals surface area contributed by atoms with E-state index in [1.807, 2.05) is 29.2 Å². The zero-order valence-corrected chi connectivity index (χ0v) is 10.0. The highest BCUT2D eigenvalue weighted by Gasteiger charge is 2.21. The van der Waals surface area contributed by atoms with Crippen LogP contribution in [0.3, 0.4) is 0 Å². The van der Waals surface area contributed by atoms with Crippen molar-refractivity contribution in [2.24, 2.45) is 5.73 Å². The van der Waals surface area contributed by atoms with Gasteiger partial charge in [-0.2, -0.15) is 4.98 Å². The molecule has 0 atom stereocenters. The second kappa shape index (κ2) is 4.70. The van der Waals surface area contributed by atoms with Crippen LogP contribution in [0.1, 0.15) is 12.1 Å². The Labute approximate surface area is 105 Å². The van der Waals surface area contributed by atoms with Gasteiger partial charge in [0.15, 0.2) is 0 Å². The molecule has 1 aliphatic heterocycles. The van der Waals surface area contributed by atoms with Gasteiger partial charge < -0.3 is 14.9 Å². The molecule has 5 nitrogen and oxygen atoms in total.